The van der Waals surface area contributed by atoms with Crippen LogP contribution in [-0.4, -0.2) is 42.9 Å². The molecule has 0 unspecified atom stereocenters. The van der Waals surface area contributed by atoms with Crippen LogP contribution in [0.5, 0.6) is 5.75 Å². The summed E-state index contributed by atoms with van der Waals surface area (Å²) in [6.07, 6.45) is -8.81. The average Bonchev–Trinajstić information content (AvgIpc) is 3.41. The first-order chi connectivity index (χ1) is 20.0. The molecule has 2 fully saturated rings. The van der Waals surface area contributed by atoms with Gasteiger partial charge in [-0.15, -0.1) is 0 Å². The Morgan fingerprint density at radius 2 is 1.70 bits per heavy atom. The molecule has 0 spiro atoms. The van der Waals surface area contributed by atoms with E-state index in [2.05, 4.69) is 10.6 Å². The van der Waals surface area contributed by atoms with Crippen molar-refractivity contribution in [1.82, 2.24) is 5.32 Å². The van der Waals surface area contributed by atoms with E-state index in [0.717, 1.165) is 6.07 Å². The molecule has 234 valence electrons. The Morgan fingerprint density at radius 3 is 2.30 bits per heavy atom. The number of nitrogens with one attached hydrogen (secondary N) is 2. The maximum Gasteiger partial charge on any atom is 0.419 e. The van der Waals surface area contributed by atoms with Gasteiger partial charge in [0.15, 0.2) is 0 Å². The van der Waals surface area contributed by atoms with Gasteiger partial charge in [0.1, 0.15) is 11.6 Å². The maximum absolute atomic E-state index is 13.8. The van der Waals surface area contributed by atoms with Gasteiger partial charge in [0.25, 0.3) is 5.91 Å². The molecule has 4 rings (SSSR count). The average molecular weight is 617 g/mol. The van der Waals surface area contributed by atoms with E-state index in [1.165, 1.54) is 7.11 Å². The predicted octanol–water partition coefficient (Wildman–Crippen LogP) is 6.39. The molecule has 2 saturated carbocycles. The second kappa shape index (κ2) is 11.8. The van der Waals surface area contributed by atoms with Gasteiger partial charge < -0.3 is 20.5 Å². The predicted molar refractivity (Wildman–Crippen MR) is 143 cm³/mol. The first kappa shape index (κ1) is 32.3. The molecule has 2 amide bonds. The Labute approximate surface area is 243 Å². The number of aliphatic hydroxyl groups excluding tert-OH is 1. The fraction of sp³-hybridized carbons (Fsp3) is 0.467. The largest absolute Gasteiger partial charge is 0.496 e. The molecule has 0 saturated heterocycles. The minimum atomic E-state index is -5.05. The number of rotatable bonds is 8. The lowest BCUT2D eigenvalue weighted by molar-refractivity contribution is -0.140. The number of allylic oxidation sites excluding steroid dienone is 1. The Kier molecular flexibility index (Phi) is 8.88. The monoisotopic (exact) mass is 616 g/mol. The van der Waals surface area contributed by atoms with Crippen molar-refractivity contribution in [2.24, 2.45) is 17.8 Å². The van der Waals surface area contributed by atoms with Crippen LogP contribution in [0.3, 0.4) is 0 Å². The maximum atomic E-state index is 13.8. The number of alkyl halides is 6. The zero-order valence-electron chi connectivity index (χ0n) is 23.5. The fourth-order valence-corrected chi connectivity index (χ4v) is 6.19. The molecule has 0 radical (unpaired) electrons. The highest BCUT2D eigenvalue weighted by atomic mass is 19.4. The molecular weight excluding hydrogens is 585 g/mol. The van der Waals surface area contributed by atoms with Crippen molar-refractivity contribution in [3.63, 3.8) is 0 Å². The van der Waals surface area contributed by atoms with E-state index in [-0.39, 0.29) is 42.4 Å². The number of aliphatic hydroxyl groups is 1. The number of carbonyl (C=O) groups is 2. The molecule has 0 aliphatic heterocycles. The minimum Gasteiger partial charge on any atom is -0.496 e. The number of amides is 2. The summed E-state index contributed by atoms with van der Waals surface area (Å²) >= 11 is 0. The molecule has 2 aliphatic rings. The number of carbonyl (C=O) groups excluding carboxylic acids is 2. The molecule has 2 aliphatic carbocycles. The van der Waals surface area contributed by atoms with Gasteiger partial charge in [0.2, 0.25) is 5.91 Å². The van der Waals surface area contributed by atoms with E-state index in [1.54, 1.807) is 18.2 Å². The number of benzene rings is 2. The molecule has 0 aromatic heterocycles. The van der Waals surface area contributed by atoms with E-state index >= 15 is 0 Å². The highest BCUT2D eigenvalue weighted by Gasteiger charge is 2.55. The number of hydrogen-bond acceptors (Lipinski definition) is 4. The van der Waals surface area contributed by atoms with Crippen LogP contribution in [0.2, 0.25) is 0 Å². The van der Waals surface area contributed by atoms with Crippen molar-refractivity contribution in [2.75, 3.05) is 19.0 Å². The summed E-state index contributed by atoms with van der Waals surface area (Å²) in [4.78, 5) is 27.1. The van der Waals surface area contributed by atoms with Crippen LogP contribution in [0.4, 0.5) is 36.4 Å². The second-order valence-electron chi connectivity index (χ2n) is 11.5. The summed E-state index contributed by atoms with van der Waals surface area (Å²) in [5.41, 5.74) is -1.88. The van der Waals surface area contributed by atoms with Crippen molar-refractivity contribution in [1.29, 1.82) is 0 Å². The number of fused-ring (bicyclic) bond motifs is 2. The summed E-state index contributed by atoms with van der Waals surface area (Å²) in [5, 5.41) is 14.5. The lowest BCUT2D eigenvalue weighted by atomic mass is 9.81. The lowest BCUT2D eigenvalue weighted by Crippen LogP contribution is -2.48. The summed E-state index contributed by atoms with van der Waals surface area (Å²) in [6, 6.07) is 5.56. The Morgan fingerprint density at radius 1 is 1.02 bits per heavy atom. The molecule has 2 bridgehead atoms. The van der Waals surface area contributed by atoms with Crippen LogP contribution in [0.25, 0.3) is 0 Å². The summed E-state index contributed by atoms with van der Waals surface area (Å²) in [5.74, 6) is -6.06. The van der Waals surface area contributed by atoms with Crippen LogP contribution < -0.4 is 15.4 Å². The molecule has 13 heteroatoms. The van der Waals surface area contributed by atoms with Crippen LogP contribution in [0.1, 0.15) is 54.6 Å². The smallest absolute Gasteiger partial charge is 0.419 e. The molecule has 6 nitrogen and oxygen atoms in total. The summed E-state index contributed by atoms with van der Waals surface area (Å²) in [6.45, 7) is 3.60. The third-order valence-electron chi connectivity index (χ3n) is 8.33. The van der Waals surface area contributed by atoms with Crippen LogP contribution in [0.15, 0.2) is 48.0 Å². The molecule has 3 N–H and O–H groups in total. The number of halogens is 7. The molecule has 2 aromatic carbocycles. The zero-order valence-corrected chi connectivity index (χ0v) is 23.5. The summed E-state index contributed by atoms with van der Waals surface area (Å²) in [7, 11) is 1.33. The van der Waals surface area contributed by atoms with Crippen LogP contribution >= 0.6 is 0 Å². The van der Waals surface area contributed by atoms with Crippen LogP contribution in [0, 0.1) is 23.6 Å². The van der Waals surface area contributed by atoms with Gasteiger partial charge in [-0.2, -0.15) is 26.3 Å². The summed E-state index contributed by atoms with van der Waals surface area (Å²) < 4.78 is 99.3. The first-order valence-corrected chi connectivity index (χ1v) is 13.5. The van der Waals surface area contributed by atoms with Crippen molar-refractivity contribution in [3.05, 3.63) is 70.6 Å². The Balaban J connectivity index is 1.69. The highest BCUT2D eigenvalue weighted by Crippen LogP contribution is 2.54. The van der Waals surface area contributed by atoms with Crippen molar-refractivity contribution in [2.45, 2.75) is 56.9 Å². The molecular formula is C30H31F7N2O4. The van der Waals surface area contributed by atoms with Crippen molar-refractivity contribution >= 4 is 17.5 Å². The number of anilines is 1. The van der Waals surface area contributed by atoms with Gasteiger partial charge in [-0.05, 0) is 66.5 Å². The zero-order chi connectivity index (χ0) is 31.9. The van der Waals surface area contributed by atoms with Gasteiger partial charge in [0, 0.05) is 30.3 Å². The number of ether oxygens (including phenoxy) is 1. The third kappa shape index (κ3) is 6.81. The van der Waals surface area contributed by atoms with Gasteiger partial charge >= 0.3 is 12.4 Å². The van der Waals surface area contributed by atoms with Gasteiger partial charge in [-0.25, -0.2) is 4.39 Å². The Hall–Kier alpha value is -3.61. The normalized spacial score (nSPS) is 23.0. The number of methoxy groups -OCH3 is 1. The van der Waals surface area contributed by atoms with Crippen molar-refractivity contribution in [3.8, 4) is 5.75 Å². The minimum absolute atomic E-state index is 0.0580. The molecule has 2 aromatic rings. The third-order valence-corrected chi connectivity index (χ3v) is 8.33. The molecule has 43 heavy (non-hydrogen) atoms. The van der Waals surface area contributed by atoms with Gasteiger partial charge in [-0.3, -0.25) is 9.59 Å². The Bertz CT molecular complexity index is 1420. The topological polar surface area (TPSA) is 87.7 Å². The van der Waals surface area contributed by atoms with E-state index in [0.29, 0.717) is 24.1 Å². The van der Waals surface area contributed by atoms with E-state index < -0.39 is 70.4 Å². The van der Waals surface area contributed by atoms with Crippen molar-refractivity contribution < 1.29 is 50.2 Å². The van der Waals surface area contributed by atoms with E-state index in [4.69, 9.17) is 4.74 Å². The van der Waals surface area contributed by atoms with E-state index in [1.807, 2.05) is 13.8 Å². The fourth-order valence-electron chi connectivity index (χ4n) is 6.19. The number of hydrogen-bond donors (Lipinski definition) is 3. The molecule has 4 atom stereocenters. The quantitative estimate of drug-likeness (QED) is 0.237. The van der Waals surface area contributed by atoms with Crippen LogP contribution in [-0.2, 0) is 16.4 Å². The standard InChI is InChI=1S/C30H31F7N2O4/c1-28(2,10-11-40)15-4-9-23(43-3)19(12-15)26(41)39-25-18-7-6-17(20(18)14-29(32,33)34)24(25)27(42)38-16-5-8-22(31)21(13-16)30(35,36)37/h4-5,8-9,12-14,17-18,24-25,40H,6-7,10-11H2,1-3H3,(H,38,42)(H,39,41)/b20-14-/t17-,18+,24-,25+/m0/s1. The van der Waals surface area contributed by atoms with Gasteiger partial charge in [-0.1, -0.05) is 25.5 Å². The highest BCUT2D eigenvalue weighted by molar-refractivity contribution is 5.99. The van der Waals surface area contributed by atoms with E-state index in [9.17, 15) is 45.4 Å². The first-order valence-electron chi connectivity index (χ1n) is 13.5. The lowest BCUT2D eigenvalue weighted by Gasteiger charge is -2.31. The van der Waals surface area contributed by atoms with Gasteiger partial charge in [0.05, 0.1) is 24.2 Å². The second-order valence-corrected chi connectivity index (χ2v) is 11.5. The molecule has 0 heterocycles. The SMILES string of the molecule is COc1ccc(C(C)(C)CCO)cc1C(=O)N[C@H]1[C@@H](C(=O)Nc2ccc(F)c(C(F)(F)F)c2)[C@H]2CC[C@@H]1/C2=C\C(F)(F)F.